The number of nitriles is 1. The molecule has 0 aliphatic heterocycles. The van der Waals surface area contributed by atoms with Gasteiger partial charge in [0.1, 0.15) is 11.3 Å². The van der Waals surface area contributed by atoms with Gasteiger partial charge >= 0.3 is 0 Å². The van der Waals surface area contributed by atoms with Crippen LogP contribution in [-0.2, 0) is 0 Å². The Bertz CT molecular complexity index is 860. The van der Waals surface area contributed by atoms with E-state index in [1.54, 1.807) is 12.1 Å². The molecule has 3 rings (SSSR count). The second kappa shape index (κ2) is 5.40. The molecule has 2 aromatic carbocycles. The molecular formula is C16H11Cl2N3. The highest BCUT2D eigenvalue weighted by Crippen LogP contribution is 2.31. The number of halogens is 2. The van der Waals surface area contributed by atoms with Gasteiger partial charge in [0, 0.05) is 5.69 Å². The number of alkyl halides is 1. The first-order valence-electron chi connectivity index (χ1n) is 6.43. The molecule has 0 amide bonds. The Kier molecular flexibility index (Phi) is 3.59. The van der Waals surface area contributed by atoms with Crippen LogP contribution in [0.3, 0.4) is 0 Å². The van der Waals surface area contributed by atoms with E-state index in [1.165, 1.54) is 0 Å². The van der Waals surface area contributed by atoms with Gasteiger partial charge in [0.15, 0.2) is 0 Å². The number of para-hydroxylation sites is 1. The molecule has 0 saturated heterocycles. The molecule has 1 atom stereocenters. The highest BCUT2D eigenvalue weighted by molar-refractivity contribution is 6.35. The van der Waals surface area contributed by atoms with Crippen molar-refractivity contribution in [2.45, 2.75) is 12.3 Å². The van der Waals surface area contributed by atoms with E-state index in [0.717, 1.165) is 11.2 Å². The molecule has 5 heteroatoms. The van der Waals surface area contributed by atoms with Crippen molar-refractivity contribution in [3.8, 4) is 11.8 Å². The third kappa shape index (κ3) is 2.37. The first-order chi connectivity index (χ1) is 10.1. The summed E-state index contributed by atoms with van der Waals surface area (Å²) in [4.78, 5) is 4.56. The second-order valence-corrected chi connectivity index (χ2v) is 5.75. The van der Waals surface area contributed by atoms with E-state index in [1.807, 2.05) is 41.8 Å². The number of rotatable bonds is 2. The van der Waals surface area contributed by atoms with Crippen molar-refractivity contribution in [3.05, 3.63) is 58.9 Å². The van der Waals surface area contributed by atoms with Crippen molar-refractivity contribution in [2.24, 2.45) is 0 Å². The molecule has 0 saturated carbocycles. The molecule has 0 N–H and O–H groups in total. The zero-order valence-electron chi connectivity index (χ0n) is 11.2. The molecule has 3 aromatic rings. The molecule has 0 fully saturated rings. The van der Waals surface area contributed by atoms with E-state index in [9.17, 15) is 0 Å². The molecule has 3 nitrogen and oxygen atoms in total. The van der Waals surface area contributed by atoms with Crippen molar-refractivity contribution in [2.75, 3.05) is 0 Å². The van der Waals surface area contributed by atoms with Gasteiger partial charge in [-0.25, -0.2) is 4.98 Å². The van der Waals surface area contributed by atoms with E-state index < -0.39 is 0 Å². The minimum absolute atomic E-state index is 0.279. The molecule has 1 unspecified atom stereocenters. The number of fused-ring (bicyclic) bond motifs is 1. The molecule has 0 aliphatic carbocycles. The maximum Gasteiger partial charge on any atom is 0.132 e. The molecule has 104 valence electrons. The van der Waals surface area contributed by atoms with Crippen molar-refractivity contribution < 1.29 is 0 Å². The van der Waals surface area contributed by atoms with E-state index in [2.05, 4.69) is 11.1 Å². The summed E-state index contributed by atoms with van der Waals surface area (Å²) in [6.45, 7) is 1.86. The maximum absolute atomic E-state index is 9.07. The summed E-state index contributed by atoms with van der Waals surface area (Å²) in [5, 5.41) is 9.38. The fourth-order valence-corrected chi connectivity index (χ4v) is 2.69. The molecule has 0 aliphatic rings. The van der Waals surface area contributed by atoms with Crippen molar-refractivity contribution in [3.63, 3.8) is 0 Å². The van der Waals surface area contributed by atoms with Gasteiger partial charge < -0.3 is 0 Å². The monoisotopic (exact) mass is 315 g/mol. The first kappa shape index (κ1) is 13.9. The van der Waals surface area contributed by atoms with E-state index in [-0.39, 0.29) is 5.38 Å². The molecule has 1 aromatic heterocycles. The Morgan fingerprint density at radius 1 is 1.24 bits per heavy atom. The van der Waals surface area contributed by atoms with Crippen LogP contribution < -0.4 is 0 Å². The number of nitrogens with zero attached hydrogens (tertiary/aromatic N) is 3. The highest BCUT2D eigenvalue weighted by atomic mass is 35.5. The number of aromatic nitrogens is 2. The summed E-state index contributed by atoms with van der Waals surface area (Å²) in [6.07, 6.45) is 0. The Hall–Kier alpha value is -2.02. The van der Waals surface area contributed by atoms with Crippen LogP contribution in [0.2, 0.25) is 5.02 Å². The Morgan fingerprint density at radius 2 is 2.00 bits per heavy atom. The van der Waals surface area contributed by atoms with Crippen molar-refractivity contribution in [1.82, 2.24) is 9.55 Å². The van der Waals surface area contributed by atoms with E-state index in [4.69, 9.17) is 28.5 Å². The van der Waals surface area contributed by atoms with Crippen molar-refractivity contribution >= 4 is 34.2 Å². The number of hydrogen-bond acceptors (Lipinski definition) is 2. The summed E-state index contributed by atoms with van der Waals surface area (Å²) in [6, 6.07) is 15.1. The van der Waals surface area contributed by atoms with Gasteiger partial charge in [0.05, 0.1) is 27.5 Å². The van der Waals surface area contributed by atoms with Crippen LogP contribution >= 0.6 is 23.2 Å². The molecule has 0 bridgehead atoms. The first-order valence-corrected chi connectivity index (χ1v) is 7.24. The fraction of sp³-hybridized carbons (Fsp3) is 0.125. The lowest BCUT2D eigenvalue weighted by Gasteiger charge is -2.10. The smallest absolute Gasteiger partial charge is 0.132 e. The third-order valence-electron chi connectivity index (χ3n) is 3.25. The Morgan fingerprint density at radius 3 is 2.71 bits per heavy atom. The van der Waals surface area contributed by atoms with Gasteiger partial charge in [0.25, 0.3) is 0 Å². The number of benzene rings is 2. The normalized spacial score (nSPS) is 12.3. The minimum Gasteiger partial charge on any atom is -0.295 e. The third-order valence-corrected chi connectivity index (χ3v) is 3.75. The molecule has 1 heterocycles. The lowest BCUT2D eigenvalue weighted by atomic mass is 10.2. The average molecular weight is 316 g/mol. The summed E-state index contributed by atoms with van der Waals surface area (Å²) in [5.41, 5.74) is 3.02. The summed E-state index contributed by atoms with van der Waals surface area (Å²) in [7, 11) is 0. The van der Waals surface area contributed by atoms with Crippen LogP contribution in [0.5, 0.6) is 0 Å². The molecule has 0 radical (unpaired) electrons. The van der Waals surface area contributed by atoms with E-state index >= 15 is 0 Å². The van der Waals surface area contributed by atoms with Gasteiger partial charge in [-0.1, -0.05) is 23.7 Å². The summed E-state index contributed by atoms with van der Waals surface area (Å²) in [5.74, 6) is 0.704. The molecular weight excluding hydrogens is 305 g/mol. The van der Waals surface area contributed by atoms with E-state index in [0.29, 0.717) is 21.9 Å². The Labute approximate surface area is 132 Å². The lowest BCUT2D eigenvalue weighted by Crippen LogP contribution is -2.02. The van der Waals surface area contributed by atoms with Gasteiger partial charge in [-0.05, 0) is 37.3 Å². The second-order valence-electron chi connectivity index (χ2n) is 4.69. The van der Waals surface area contributed by atoms with Crippen LogP contribution in [0.4, 0.5) is 0 Å². The van der Waals surface area contributed by atoms with Crippen LogP contribution in [0.15, 0.2) is 42.5 Å². The van der Waals surface area contributed by atoms with Gasteiger partial charge in [0.2, 0.25) is 0 Å². The van der Waals surface area contributed by atoms with Crippen LogP contribution in [0.1, 0.15) is 23.7 Å². The lowest BCUT2D eigenvalue weighted by molar-refractivity contribution is 0.882. The SMILES string of the molecule is CC(Cl)c1nc2c(Cl)cccc2n1-c1cccc(C#N)c1. The molecule has 0 spiro atoms. The standard InChI is InChI=1S/C16H11Cl2N3/c1-10(17)16-20-15-13(18)6-3-7-14(15)21(16)12-5-2-4-11(8-12)9-19/h2-8,10H,1H3. The van der Waals surface area contributed by atoms with Crippen LogP contribution in [0, 0.1) is 11.3 Å². The average Bonchev–Trinajstić information content (AvgIpc) is 2.88. The van der Waals surface area contributed by atoms with Crippen molar-refractivity contribution in [1.29, 1.82) is 5.26 Å². The maximum atomic E-state index is 9.07. The van der Waals surface area contributed by atoms with Gasteiger partial charge in [-0.2, -0.15) is 5.26 Å². The fourth-order valence-electron chi connectivity index (χ4n) is 2.34. The predicted octanol–water partition coefficient (Wildman–Crippen LogP) is 4.85. The highest BCUT2D eigenvalue weighted by Gasteiger charge is 2.17. The zero-order chi connectivity index (χ0) is 15.0. The van der Waals surface area contributed by atoms with Gasteiger partial charge in [-0.3, -0.25) is 4.57 Å². The largest absolute Gasteiger partial charge is 0.295 e. The predicted molar refractivity (Wildman–Crippen MR) is 85.1 cm³/mol. The summed E-state index contributed by atoms with van der Waals surface area (Å²) < 4.78 is 1.94. The van der Waals surface area contributed by atoms with Crippen LogP contribution in [0.25, 0.3) is 16.7 Å². The van der Waals surface area contributed by atoms with Gasteiger partial charge in [-0.15, -0.1) is 11.6 Å². The number of imidazole rings is 1. The quantitative estimate of drug-likeness (QED) is 0.634. The topological polar surface area (TPSA) is 41.6 Å². The Balaban J connectivity index is 2.37. The number of hydrogen-bond donors (Lipinski definition) is 0. The minimum atomic E-state index is -0.279. The zero-order valence-corrected chi connectivity index (χ0v) is 12.7. The van der Waals surface area contributed by atoms with Crippen LogP contribution in [-0.4, -0.2) is 9.55 Å². The molecule has 21 heavy (non-hydrogen) atoms. The summed E-state index contributed by atoms with van der Waals surface area (Å²) >= 11 is 12.5.